The third kappa shape index (κ3) is 7.98. The molecule has 3 aromatic carbocycles. The highest BCUT2D eigenvalue weighted by Gasteiger charge is 2.35. The summed E-state index contributed by atoms with van der Waals surface area (Å²) in [5.74, 6) is -4.60. The van der Waals surface area contributed by atoms with E-state index in [1.165, 1.54) is 0 Å². The molecule has 3 atom stereocenters. The van der Waals surface area contributed by atoms with Crippen molar-refractivity contribution >= 4 is 39.2 Å². The third-order valence-corrected chi connectivity index (χ3v) is 9.37. The van der Waals surface area contributed by atoms with Crippen LogP contribution in [-0.2, 0) is 26.0 Å². The number of hydrogen-bond acceptors (Lipinski definition) is 9. The van der Waals surface area contributed by atoms with E-state index in [1.807, 2.05) is 0 Å². The van der Waals surface area contributed by atoms with Crippen LogP contribution in [0.5, 0.6) is 11.5 Å². The van der Waals surface area contributed by atoms with Crippen molar-refractivity contribution in [2.24, 2.45) is 0 Å². The first-order valence-electron chi connectivity index (χ1n) is 14.5. The number of benzene rings is 3. The normalized spacial score (nSPS) is 18.3. The molecule has 2 aliphatic rings. The van der Waals surface area contributed by atoms with E-state index in [4.69, 9.17) is 19.6 Å². The summed E-state index contributed by atoms with van der Waals surface area (Å²) in [7, 11) is -3.14. The molecule has 14 heteroatoms. The minimum atomic E-state index is -3.59. The largest absolute Gasteiger partial charge is 0.484 e. The molecule has 1 fully saturated rings. The maximum Gasteiger partial charge on any atom is 0.321 e. The number of amides is 2. The SMILES string of the molecule is C[C@H](NC(=O)C(C)(F)F)[C@H](Oc1ccc(Nc2cccc(C(=O)N[C@@H]3CCS(=O)(=O)C3)c2)c(C=N)c1)c1ccc2c(c1)OCOC2. The third-order valence-electron chi connectivity index (χ3n) is 7.60. The van der Waals surface area contributed by atoms with Gasteiger partial charge in [0.25, 0.3) is 11.8 Å². The number of rotatable bonds is 11. The summed E-state index contributed by atoms with van der Waals surface area (Å²) in [6.07, 6.45) is 0.567. The van der Waals surface area contributed by atoms with E-state index >= 15 is 0 Å². The van der Waals surface area contributed by atoms with E-state index in [9.17, 15) is 26.8 Å². The van der Waals surface area contributed by atoms with Crippen molar-refractivity contribution in [3.8, 4) is 11.5 Å². The number of hydrogen-bond donors (Lipinski definition) is 4. The molecule has 0 saturated carbocycles. The van der Waals surface area contributed by atoms with Crippen LogP contribution in [0.15, 0.2) is 60.7 Å². The van der Waals surface area contributed by atoms with Gasteiger partial charge in [0, 0.05) is 47.2 Å². The van der Waals surface area contributed by atoms with Gasteiger partial charge in [-0.3, -0.25) is 9.59 Å². The number of carbonyl (C=O) groups excluding carboxylic acids is 2. The average Bonchev–Trinajstić information content (AvgIpc) is 3.37. The molecule has 5 rings (SSSR count). The number of ether oxygens (including phenoxy) is 3. The second-order valence-electron chi connectivity index (χ2n) is 11.3. The van der Waals surface area contributed by atoms with Crippen molar-refractivity contribution in [2.45, 2.75) is 51.0 Å². The molecule has 0 spiro atoms. The number of fused-ring (bicyclic) bond motifs is 1. The molecule has 46 heavy (non-hydrogen) atoms. The van der Waals surface area contributed by atoms with Gasteiger partial charge in [-0.1, -0.05) is 18.2 Å². The molecule has 4 N–H and O–H groups in total. The fraction of sp³-hybridized carbons (Fsp3) is 0.344. The van der Waals surface area contributed by atoms with E-state index < -0.39 is 45.8 Å². The molecule has 0 radical (unpaired) electrons. The molecular formula is C32H34F2N4O7S. The molecule has 0 bridgehead atoms. The number of alkyl halides is 2. The quantitative estimate of drug-likeness (QED) is 0.220. The van der Waals surface area contributed by atoms with Crippen molar-refractivity contribution in [3.05, 3.63) is 82.9 Å². The van der Waals surface area contributed by atoms with Crippen LogP contribution < -0.4 is 25.4 Å². The number of nitrogens with one attached hydrogen (secondary N) is 4. The van der Waals surface area contributed by atoms with Crippen molar-refractivity contribution in [1.29, 1.82) is 5.41 Å². The van der Waals surface area contributed by atoms with Crippen molar-refractivity contribution in [1.82, 2.24) is 10.6 Å². The van der Waals surface area contributed by atoms with Gasteiger partial charge in [-0.05, 0) is 61.4 Å². The molecule has 2 aliphatic heterocycles. The van der Waals surface area contributed by atoms with Gasteiger partial charge in [-0.25, -0.2) is 8.42 Å². The maximum absolute atomic E-state index is 13.7. The Balaban J connectivity index is 1.35. The lowest BCUT2D eigenvalue weighted by Crippen LogP contribution is -2.46. The Kier molecular flexibility index (Phi) is 9.58. The fourth-order valence-corrected chi connectivity index (χ4v) is 6.87. The molecule has 0 unspecified atom stereocenters. The zero-order valence-corrected chi connectivity index (χ0v) is 26.0. The zero-order valence-electron chi connectivity index (χ0n) is 25.1. The molecule has 11 nitrogen and oxygen atoms in total. The summed E-state index contributed by atoms with van der Waals surface area (Å²) in [6.45, 7) is 2.49. The first-order valence-corrected chi connectivity index (χ1v) is 16.3. The van der Waals surface area contributed by atoms with Crippen LogP contribution in [0.4, 0.5) is 20.2 Å². The Morgan fingerprint density at radius 1 is 1.13 bits per heavy atom. The molecular weight excluding hydrogens is 622 g/mol. The highest BCUT2D eigenvalue weighted by Crippen LogP contribution is 2.33. The predicted molar refractivity (Wildman–Crippen MR) is 167 cm³/mol. The Hall–Kier alpha value is -4.56. The van der Waals surface area contributed by atoms with Crippen LogP contribution in [0.2, 0.25) is 0 Å². The van der Waals surface area contributed by atoms with Crippen LogP contribution in [0.1, 0.15) is 53.4 Å². The second-order valence-corrected chi connectivity index (χ2v) is 13.6. The van der Waals surface area contributed by atoms with Crippen molar-refractivity contribution in [3.63, 3.8) is 0 Å². The van der Waals surface area contributed by atoms with Gasteiger partial charge < -0.3 is 35.6 Å². The lowest BCUT2D eigenvalue weighted by Gasteiger charge is -2.29. The molecule has 244 valence electrons. The summed E-state index contributed by atoms with van der Waals surface area (Å²) in [4.78, 5) is 24.9. The first kappa shape index (κ1) is 32.8. The fourth-order valence-electron chi connectivity index (χ4n) is 5.19. The van der Waals surface area contributed by atoms with Gasteiger partial charge in [-0.15, -0.1) is 0 Å². The van der Waals surface area contributed by atoms with Crippen molar-refractivity contribution in [2.75, 3.05) is 23.6 Å². The summed E-state index contributed by atoms with van der Waals surface area (Å²) >= 11 is 0. The van der Waals surface area contributed by atoms with Gasteiger partial charge in [-0.2, -0.15) is 8.78 Å². The van der Waals surface area contributed by atoms with E-state index in [0.29, 0.717) is 59.5 Å². The standard InChI is InChI=1S/C32H34F2N4O7S/c1-19(36-31(40)32(2,33)34)29(20-6-7-22-16-43-18-44-28(22)14-20)45-26-8-9-27(23(13-26)15-35)37-24-5-3-4-21(12-24)30(39)38-25-10-11-46(41,42)17-25/h3-9,12-15,19,25,29,35,37H,10-11,16-18H2,1-2H3,(H,36,40)(H,38,39)/t19-,25+,29-/m0/s1. The Morgan fingerprint density at radius 2 is 1.93 bits per heavy atom. The Labute approximate surface area is 265 Å². The lowest BCUT2D eigenvalue weighted by atomic mass is 10.00. The lowest BCUT2D eigenvalue weighted by molar-refractivity contribution is -0.144. The highest BCUT2D eigenvalue weighted by atomic mass is 32.2. The van der Waals surface area contributed by atoms with Crippen LogP contribution >= 0.6 is 0 Å². The monoisotopic (exact) mass is 656 g/mol. The van der Waals surface area contributed by atoms with Crippen LogP contribution in [-0.4, -0.2) is 62.8 Å². The van der Waals surface area contributed by atoms with Gasteiger partial charge >= 0.3 is 5.92 Å². The molecule has 0 aliphatic carbocycles. The number of halogens is 2. The molecule has 2 heterocycles. The van der Waals surface area contributed by atoms with Crippen LogP contribution in [0.25, 0.3) is 0 Å². The smallest absolute Gasteiger partial charge is 0.321 e. The number of anilines is 2. The second kappa shape index (κ2) is 13.4. The molecule has 3 aromatic rings. The van der Waals surface area contributed by atoms with Gasteiger partial charge in [0.1, 0.15) is 17.6 Å². The van der Waals surface area contributed by atoms with Gasteiger partial charge in [0.15, 0.2) is 16.6 Å². The van der Waals surface area contributed by atoms with E-state index in [1.54, 1.807) is 67.6 Å². The minimum absolute atomic E-state index is 0.0474. The predicted octanol–water partition coefficient (Wildman–Crippen LogP) is 4.49. The van der Waals surface area contributed by atoms with Crippen molar-refractivity contribution < 1.29 is 41.0 Å². The molecule has 1 saturated heterocycles. The Morgan fingerprint density at radius 3 is 2.65 bits per heavy atom. The van der Waals surface area contributed by atoms with E-state index in [-0.39, 0.29) is 18.3 Å². The topological polar surface area (TPSA) is 156 Å². The summed E-state index contributed by atoms with van der Waals surface area (Å²) < 4.78 is 68.1. The minimum Gasteiger partial charge on any atom is -0.484 e. The van der Waals surface area contributed by atoms with Gasteiger partial charge in [0.2, 0.25) is 0 Å². The summed E-state index contributed by atoms with van der Waals surface area (Å²) in [5.41, 5.74) is 3.20. The first-order chi connectivity index (χ1) is 21.8. The molecule has 0 aromatic heterocycles. The molecule has 2 amide bonds. The highest BCUT2D eigenvalue weighted by molar-refractivity contribution is 7.91. The summed E-state index contributed by atoms with van der Waals surface area (Å²) in [6, 6.07) is 15.5. The number of sulfone groups is 1. The van der Waals surface area contributed by atoms with E-state index in [0.717, 1.165) is 11.8 Å². The average molecular weight is 657 g/mol. The Bertz CT molecular complexity index is 1750. The van der Waals surface area contributed by atoms with Gasteiger partial charge in [0.05, 0.1) is 24.2 Å². The summed E-state index contributed by atoms with van der Waals surface area (Å²) in [5, 5.41) is 16.3. The maximum atomic E-state index is 13.7. The number of carbonyl (C=O) groups is 2. The van der Waals surface area contributed by atoms with E-state index in [2.05, 4.69) is 16.0 Å². The zero-order chi connectivity index (χ0) is 33.1. The van der Waals surface area contributed by atoms with Crippen LogP contribution in [0, 0.1) is 5.41 Å². The van der Waals surface area contributed by atoms with Crippen LogP contribution in [0.3, 0.4) is 0 Å².